The molecule has 0 atom stereocenters. The smallest absolute Gasteiger partial charge is 0.252 e. The Kier molecular flexibility index (Phi) is 5.97. The number of fused-ring (bicyclic) bond motifs is 1. The van der Waals surface area contributed by atoms with Gasteiger partial charge in [0.1, 0.15) is 11.6 Å². The van der Waals surface area contributed by atoms with E-state index < -0.39 is 0 Å². The van der Waals surface area contributed by atoms with Crippen LogP contribution in [0.3, 0.4) is 0 Å². The molecule has 0 aliphatic carbocycles. The average molecular weight is 467 g/mol. The third-order valence-corrected chi connectivity index (χ3v) is 5.86. The number of carbonyl (C=O) groups is 1. The van der Waals surface area contributed by atoms with E-state index in [-0.39, 0.29) is 11.7 Å². The zero-order valence-corrected chi connectivity index (χ0v) is 19.3. The van der Waals surface area contributed by atoms with Gasteiger partial charge >= 0.3 is 0 Å². The number of ether oxygens (including phenoxy) is 1. The molecule has 0 radical (unpaired) electrons. The van der Waals surface area contributed by atoms with Crippen LogP contribution in [0.25, 0.3) is 33.5 Å². The standard InChI is InChI=1S/C28H23FN4O2/c1-17-3-5-18(6-4-17)16-30-28(34)23-15-24(19-9-13-22(35-2)14-10-19)31-27-25(23)26(32-33-27)20-7-11-21(29)12-8-20/h3-15H,16H2,1-2H3,(H,30,34)(H,31,32,33). The lowest BCUT2D eigenvalue weighted by molar-refractivity contribution is 0.0952. The monoisotopic (exact) mass is 466 g/mol. The van der Waals surface area contributed by atoms with Gasteiger partial charge < -0.3 is 10.1 Å². The van der Waals surface area contributed by atoms with Gasteiger partial charge in [0.05, 0.1) is 29.4 Å². The number of halogens is 1. The van der Waals surface area contributed by atoms with Crippen molar-refractivity contribution in [1.82, 2.24) is 20.5 Å². The zero-order chi connectivity index (χ0) is 24.4. The Morgan fingerprint density at radius 2 is 1.66 bits per heavy atom. The molecule has 3 aromatic carbocycles. The number of hydrogen-bond donors (Lipinski definition) is 2. The molecule has 35 heavy (non-hydrogen) atoms. The highest BCUT2D eigenvalue weighted by molar-refractivity contribution is 6.10. The molecule has 0 aliphatic rings. The Hall–Kier alpha value is -4.52. The van der Waals surface area contributed by atoms with Gasteiger partial charge in [-0.15, -0.1) is 0 Å². The normalized spacial score (nSPS) is 10.9. The number of benzene rings is 3. The molecular formula is C28H23FN4O2. The molecule has 0 saturated heterocycles. The average Bonchev–Trinajstić information content (AvgIpc) is 3.32. The minimum absolute atomic E-state index is 0.252. The van der Waals surface area contributed by atoms with Crippen molar-refractivity contribution >= 4 is 16.9 Å². The first-order valence-electron chi connectivity index (χ1n) is 11.1. The predicted molar refractivity (Wildman–Crippen MR) is 134 cm³/mol. The number of pyridine rings is 1. The van der Waals surface area contributed by atoms with Crippen molar-refractivity contribution in [2.45, 2.75) is 13.5 Å². The van der Waals surface area contributed by atoms with Crippen LogP contribution in [0.1, 0.15) is 21.5 Å². The SMILES string of the molecule is COc1ccc(-c2cc(C(=O)NCc3ccc(C)cc3)c3c(-c4ccc(F)cc4)[nH]nc3n2)cc1. The second-order valence-corrected chi connectivity index (χ2v) is 8.26. The van der Waals surface area contributed by atoms with Gasteiger partial charge in [-0.25, -0.2) is 9.37 Å². The summed E-state index contributed by atoms with van der Waals surface area (Å²) < 4.78 is 18.8. The highest BCUT2D eigenvalue weighted by atomic mass is 19.1. The Morgan fingerprint density at radius 3 is 2.34 bits per heavy atom. The number of nitrogens with zero attached hydrogens (tertiary/aromatic N) is 2. The van der Waals surface area contributed by atoms with E-state index in [1.54, 1.807) is 25.3 Å². The highest BCUT2D eigenvalue weighted by Crippen LogP contribution is 2.32. The minimum atomic E-state index is -0.339. The second-order valence-electron chi connectivity index (χ2n) is 8.26. The summed E-state index contributed by atoms with van der Waals surface area (Å²) >= 11 is 0. The molecule has 1 amide bonds. The van der Waals surface area contributed by atoms with Crippen LogP contribution in [0.4, 0.5) is 4.39 Å². The quantitative estimate of drug-likeness (QED) is 0.338. The van der Waals surface area contributed by atoms with Gasteiger partial charge in [0.2, 0.25) is 0 Å². The summed E-state index contributed by atoms with van der Waals surface area (Å²) in [6.07, 6.45) is 0. The maximum absolute atomic E-state index is 13.5. The van der Waals surface area contributed by atoms with Gasteiger partial charge in [0.15, 0.2) is 5.65 Å². The Labute approximate surface area is 201 Å². The van der Waals surface area contributed by atoms with E-state index in [0.29, 0.717) is 40.1 Å². The third kappa shape index (κ3) is 4.61. The fourth-order valence-corrected chi connectivity index (χ4v) is 3.92. The van der Waals surface area contributed by atoms with Crippen LogP contribution in [0, 0.1) is 12.7 Å². The molecule has 0 saturated carbocycles. The molecule has 2 heterocycles. The van der Waals surface area contributed by atoms with Crippen LogP contribution in [0.2, 0.25) is 0 Å². The fraction of sp³-hybridized carbons (Fsp3) is 0.107. The van der Waals surface area contributed by atoms with E-state index in [4.69, 9.17) is 9.72 Å². The van der Waals surface area contributed by atoms with Crippen LogP contribution < -0.4 is 10.1 Å². The molecule has 2 aromatic heterocycles. The largest absolute Gasteiger partial charge is 0.497 e. The molecule has 0 unspecified atom stereocenters. The van der Waals surface area contributed by atoms with Gasteiger partial charge in [0.25, 0.3) is 5.91 Å². The van der Waals surface area contributed by atoms with Crippen molar-refractivity contribution in [3.05, 3.63) is 101 Å². The Morgan fingerprint density at radius 1 is 0.971 bits per heavy atom. The van der Waals surface area contributed by atoms with E-state index in [2.05, 4.69) is 15.5 Å². The Balaban J connectivity index is 1.59. The van der Waals surface area contributed by atoms with Crippen molar-refractivity contribution in [3.8, 4) is 28.3 Å². The number of nitrogens with one attached hydrogen (secondary N) is 2. The van der Waals surface area contributed by atoms with Gasteiger partial charge in [-0.3, -0.25) is 9.89 Å². The van der Waals surface area contributed by atoms with Crippen molar-refractivity contribution < 1.29 is 13.9 Å². The van der Waals surface area contributed by atoms with Crippen LogP contribution in [0.15, 0.2) is 78.9 Å². The summed E-state index contributed by atoms with van der Waals surface area (Å²) in [6.45, 7) is 2.40. The van der Waals surface area contributed by atoms with E-state index in [0.717, 1.165) is 22.4 Å². The maximum atomic E-state index is 13.5. The lowest BCUT2D eigenvalue weighted by Crippen LogP contribution is -2.23. The third-order valence-electron chi connectivity index (χ3n) is 5.86. The van der Waals surface area contributed by atoms with Crippen molar-refractivity contribution in [1.29, 1.82) is 0 Å². The molecule has 0 spiro atoms. The van der Waals surface area contributed by atoms with Crippen LogP contribution in [0.5, 0.6) is 5.75 Å². The fourth-order valence-electron chi connectivity index (χ4n) is 3.92. The minimum Gasteiger partial charge on any atom is -0.497 e. The summed E-state index contributed by atoms with van der Waals surface area (Å²) in [5, 5.41) is 11.0. The van der Waals surface area contributed by atoms with Gasteiger partial charge in [-0.05, 0) is 67.1 Å². The van der Waals surface area contributed by atoms with Crippen molar-refractivity contribution in [2.75, 3.05) is 7.11 Å². The number of amides is 1. The number of hydrogen-bond acceptors (Lipinski definition) is 4. The summed E-state index contributed by atoms with van der Waals surface area (Å²) in [7, 11) is 1.61. The van der Waals surface area contributed by atoms with Gasteiger partial charge in [0, 0.05) is 17.7 Å². The lowest BCUT2D eigenvalue weighted by Gasteiger charge is -2.10. The number of aromatic nitrogens is 3. The molecule has 0 fully saturated rings. The van der Waals surface area contributed by atoms with Gasteiger partial charge in [-0.1, -0.05) is 29.8 Å². The molecule has 2 N–H and O–H groups in total. The van der Waals surface area contributed by atoms with E-state index >= 15 is 0 Å². The van der Waals surface area contributed by atoms with E-state index in [9.17, 15) is 9.18 Å². The number of rotatable bonds is 6. The zero-order valence-electron chi connectivity index (χ0n) is 19.3. The first-order chi connectivity index (χ1) is 17.0. The van der Waals surface area contributed by atoms with Crippen LogP contribution >= 0.6 is 0 Å². The highest BCUT2D eigenvalue weighted by Gasteiger charge is 2.20. The molecule has 0 bridgehead atoms. The number of carbonyl (C=O) groups excluding carboxylic acids is 1. The molecule has 5 rings (SSSR count). The maximum Gasteiger partial charge on any atom is 0.252 e. The van der Waals surface area contributed by atoms with Crippen LogP contribution in [-0.4, -0.2) is 28.2 Å². The van der Waals surface area contributed by atoms with E-state index in [1.165, 1.54) is 12.1 Å². The predicted octanol–water partition coefficient (Wildman–Crippen LogP) is 5.68. The van der Waals surface area contributed by atoms with Crippen molar-refractivity contribution in [2.24, 2.45) is 0 Å². The van der Waals surface area contributed by atoms with Gasteiger partial charge in [-0.2, -0.15) is 5.10 Å². The number of aromatic amines is 1. The van der Waals surface area contributed by atoms with Crippen molar-refractivity contribution in [3.63, 3.8) is 0 Å². The summed E-state index contributed by atoms with van der Waals surface area (Å²) in [5.41, 5.74) is 5.73. The molecule has 6 nitrogen and oxygen atoms in total. The Bertz CT molecular complexity index is 1490. The molecule has 7 heteroatoms. The van der Waals surface area contributed by atoms with E-state index in [1.807, 2.05) is 55.5 Å². The first-order valence-corrected chi connectivity index (χ1v) is 11.1. The number of methoxy groups -OCH3 is 1. The second kappa shape index (κ2) is 9.38. The topological polar surface area (TPSA) is 79.9 Å². The lowest BCUT2D eigenvalue weighted by atomic mass is 10.0. The molecule has 5 aromatic rings. The first kappa shape index (κ1) is 22.3. The molecule has 0 aliphatic heterocycles. The summed E-state index contributed by atoms with van der Waals surface area (Å²) in [6, 6.07) is 23.2. The number of aryl methyl sites for hydroxylation is 1. The summed E-state index contributed by atoms with van der Waals surface area (Å²) in [5.74, 6) is 0.135. The molecular weight excluding hydrogens is 443 g/mol. The molecule has 174 valence electrons. The number of H-pyrrole nitrogens is 1. The van der Waals surface area contributed by atoms with Crippen LogP contribution in [-0.2, 0) is 6.54 Å². The summed E-state index contributed by atoms with van der Waals surface area (Å²) in [4.78, 5) is 18.2.